The molecule has 1 N–H and O–H groups in total. The molecule has 37 heavy (non-hydrogen) atoms. The van der Waals surface area contributed by atoms with Gasteiger partial charge in [0, 0.05) is 47.7 Å². The predicted molar refractivity (Wildman–Crippen MR) is 135 cm³/mol. The molecule has 10 heteroatoms. The third-order valence-electron chi connectivity index (χ3n) is 7.56. The molecule has 7 rings (SSSR count). The number of pyridine rings is 1. The quantitative estimate of drug-likeness (QED) is 0.531. The molecule has 0 saturated carbocycles. The number of hydrogen-bond donors (Lipinski definition) is 1. The second-order valence-corrected chi connectivity index (χ2v) is 10.5. The number of carbonyl (C=O) groups is 1. The van der Waals surface area contributed by atoms with Crippen molar-refractivity contribution in [1.82, 2.24) is 9.58 Å². The lowest BCUT2D eigenvalue weighted by molar-refractivity contribution is 0.0557. The van der Waals surface area contributed by atoms with Crippen LogP contribution in [0.2, 0.25) is 0 Å². The largest absolute Gasteiger partial charge is 0.502 e. The molecule has 4 aliphatic rings. The summed E-state index contributed by atoms with van der Waals surface area (Å²) in [6.07, 6.45) is 3.24. The molecule has 4 aliphatic heterocycles. The monoisotopic (exact) mass is 518 g/mol. The van der Waals surface area contributed by atoms with Gasteiger partial charge in [0.2, 0.25) is 5.43 Å². The van der Waals surface area contributed by atoms with Crippen molar-refractivity contribution >= 4 is 23.9 Å². The second-order valence-electron chi connectivity index (χ2n) is 9.48. The molecular formula is C27H20F2N4O3S. The minimum Gasteiger partial charge on any atom is -0.502 e. The van der Waals surface area contributed by atoms with Crippen molar-refractivity contribution in [2.75, 3.05) is 18.1 Å². The fourth-order valence-corrected chi connectivity index (χ4v) is 6.92. The zero-order valence-electron chi connectivity index (χ0n) is 19.4. The zero-order chi connectivity index (χ0) is 25.4. The molecule has 0 aliphatic carbocycles. The van der Waals surface area contributed by atoms with Crippen molar-refractivity contribution in [2.45, 2.75) is 29.3 Å². The molecular weight excluding hydrogens is 498 g/mol. The van der Waals surface area contributed by atoms with E-state index in [2.05, 4.69) is 4.99 Å². The lowest BCUT2D eigenvalue weighted by atomic mass is 9.91. The number of amides is 1. The van der Waals surface area contributed by atoms with E-state index < -0.39 is 40.9 Å². The minimum absolute atomic E-state index is 0.148. The SMILES string of the molecule is O=C1c2c(O)c(=O)ccn2N([C@@H]2c3ccccc3SCc3c2ccc(F)c3F)[C@@H]2CC3=C(CN=C3)CN12. The van der Waals surface area contributed by atoms with E-state index in [1.165, 1.54) is 28.7 Å². The summed E-state index contributed by atoms with van der Waals surface area (Å²) in [5.74, 6) is -2.68. The molecule has 3 aromatic rings. The Bertz CT molecular complexity index is 1630. The van der Waals surface area contributed by atoms with E-state index in [4.69, 9.17) is 0 Å². The summed E-state index contributed by atoms with van der Waals surface area (Å²) in [5.41, 5.74) is 2.91. The van der Waals surface area contributed by atoms with Gasteiger partial charge in [-0.25, -0.2) is 8.78 Å². The number of nitrogens with zero attached hydrogens (tertiary/aromatic N) is 4. The average molecular weight is 519 g/mol. The Kier molecular flexibility index (Phi) is 4.84. The summed E-state index contributed by atoms with van der Waals surface area (Å²) >= 11 is 1.42. The Labute approximate surface area is 214 Å². The highest BCUT2D eigenvalue weighted by Gasteiger charge is 2.47. The van der Waals surface area contributed by atoms with E-state index in [0.29, 0.717) is 25.1 Å². The molecule has 1 aromatic heterocycles. The third kappa shape index (κ3) is 3.14. The van der Waals surface area contributed by atoms with Crippen LogP contribution in [0.15, 0.2) is 74.5 Å². The fourth-order valence-electron chi connectivity index (χ4n) is 5.80. The summed E-state index contributed by atoms with van der Waals surface area (Å²) in [6, 6.07) is 11.0. The van der Waals surface area contributed by atoms with Crippen LogP contribution in [0.5, 0.6) is 5.75 Å². The molecule has 0 bridgehead atoms. The molecule has 186 valence electrons. The van der Waals surface area contributed by atoms with E-state index in [0.717, 1.165) is 27.7 Å². The smallest absolute Gasteiger partial charge is 0.278 e. The van der Waals surface area contributed by atoms with Crippen molar-refractivity contribution < 1.29 is 18.7 Å². The van der Waals surface area contributed by atoms with E-state index in [1.807, 2.05) is 35.5 Å². The maximum absolute atomic E-state index is 15.2. The molecule has 2 atom stereocenters. The van der Waals surface area contributed by atoms with E-state index in [1.54, 1.807) is 11.0 Å². The van der Waals surface area contributed by atoms with Gasteiger partial charge in [-0.1, -0.05) is 24.3 Å². The first-order valence-electron chi connectivity index (χ1n) is 11.9. The van der Waals surface area contributed by atoms with Gasteiger partial charge in [-0.2, -0.15) is 0 Å². The van der Waals surface area contributed by atoms with Crippen LogP contribution in [0.3, 0.4) is 0 Å². The van der Waals surface area contributed by atoms with Crippen molar-refractivity contribution in [2.24, 2.45) is 4.99 Å². The summed E-state index contributed by atoms with van der Waals surface area (Å²) < 4.78 is 31.1. The first-order valence-corrected chi connectivity index (χ1v) is 12.9. The molecule has 5 heterocycles. The fraction of sp³-hybridized carbons (Fsp3) is 0.222. The van der Waals surface area contributed by atoms with Crippen LogP contribution in [0.25, 0.3) is 0 Å². The Morgan fingerprint density at radius 3 is 2.76 bits per heavy atom. The van der Waals surface area contributed by atoms with E-state index >= 15 is 4.39 Å². The zero-order valence-corrected chi connectivity index (χ0v) is 20.2. The summed E-state index contributed by atoms with van der Waals surface area (Å²) in [5, 5.41) is 12.7. The Balaban J connectivity index is 1.53. The third-order valence-corrected chi connectivity index (χ3v) is 8.67. The first kappa shape index (κ1) is 22.3. The summed E-state index contributed by atoms with van der Waals surface area (Å²) in [7, 11) is 0. The van der Waals surface area contributed by atoms with Crippen LogP contribution < -0.4 is 10.4 Å². The van der Waals surface area contributed by atoms with Gasteiger partial charge >= 0.3 is 0 Å². The Morgan fingerprint density at radius 1 is 1.05 bits per heavy atom. The summed E-state index contributed by atoms with van der Waals surface area (Å²) in [6.45, 7) is 0.793. The number of halogens is 2. The molecule has 0 radical (unpaired) electrons. The molecule has 1 amide bonds. The average Bonchev–Trinajstić information content (AvgIpc) is 3.29. The van der Waals surface area contributed by atoms with Crippen molar-refractivity contribution in [3.8, 4) is 5.75 Å². The van der Waals surface area contributed by atoms with Crippen LogP contribution >= 0.6 is 11.8 Å². The Hall–Kier alpha value is -3.92. The number of thioether (sulfide) groups is 1. The lowest BCUT2D eigenvalue weighted by Gasteiger charge is -2.51. The van der Waals surface area contributed by atoms with Crippen molar-refractivity contribution in [3.63, 3.8) is 0 Å². The van der Waals surface area contributed by atoms with Crippen LogP contribution in [0.1, 0.15) is 39.6 Å². The van der Waals surface area contributed by atoms with Crippen LogP contribution in [0, 0.1) is 11.6 Å². The van der Waals surface area contributed by atoms with Gasteiger partial charge < -0.3 is 10.0 Å². The lowest BCUT2D eigenvalue weighted by Crippen LogP contribution is -2.64. The minimum atomic E-state index is -0.921. The predicted octanol–water partition coefficient (Wildman–Crippen LogP) is 3.73. The topological polar surface area (TPSA) is 78.1 Å². The van der Waals surface area contributed by atoms with Gasteiger partial charge in [0.1, 0.15) is 6.17 Å². The number of hydrogen-bond acceptors (Lipinski definition) is 6. The highest BCUT2D eigenvalue weighted by molar-refractivity contribution is 7.98. The molecule has 0 fully saturated rings. The first-order chi connectivity index (χ1) is 17.9. The van der Waals surface area contributed by atoms with E-state index in [9.17, 15) is 19.1 Å². The summed E-state index contributed by atoms with van der Waals surface area (Å²) in [4.78, 5) is 33.0. The van der Waals surface area contributed by atoms with Crippen LogP contribution in [-0.2, 0) is 5.75 Å². The van der Waals surface area contributed by atoms with Gasteiger partial charge in [-0.15, -0.1) is 11.8 Å². The number of fused-ring (bicyclic) bond motifs is 4. The molecule has 0 spiro atoms. The highest BCUT2D eigenvalue weighted by atomic mass is 32.2. The second kappa shape index (κ2) is 8.04. The maximum atomic E-state index is 15.2. The number of carbonyl (C=O) groups excluding carboxylic acids is 1. The number of rotatable bonds is 1. The normalized spacial score (nSPS) is 21.7. The van der Waals surface area contributed by atoms with Crippen LogP contribution in [0.4, 0.5) is 8.78 Å². The molecule has 0 saturated heterocycles. The number of aromatic hydroxyl groups is 1. The maximum Gasteiger partial charge on any atom is 0.278 e. The molecule has 0 unspecified atom stereocenters. The van der Waals surface area contributed by atoms with E-state index in [-0.39, 0.29) is 17.0 Å². The highest BCUT2D eigenvalue weighted by Crippen LogP contribution is 2.46. The number of aromatic nitrogens is 1. The van der Waals surface area contributed by atoms with Gasteiger partial charge in [-0.05, 0) is 34.4 Å². The van der Waals surface area contributed by atoms with Gasteiger partial charge in [0.05, 0.1) is 12.6 Å². The molecule has 7 nitrogen and oxygen atoms in total. The van der Waals surface area contributed by atoms with Gasteiger partial charge in [0.15, 0.2) is 23.1 Å². The molecule has 2 aromatic carbocycles. The Morgan fingerprint density at radius 2 is 1.89 bits per heavy atom. The standard InChI is InChI=1S/C27H20F2N4O3S/c28-19-6-5-16-18(23(19)29)13-37-21-4-2-1-3-17(21)24(16)33-22-9-14-10-30-11-15(14)12-31(22)27(36)25-26(35)20(34)7-8-32(25)33/h1-8,10,22,24,35H,9,11-13H2/t22-,24+/m1/s1. The number of aliphatic imine (C=N–C) groups is 1. The van der Waals surface area contributed by atoms with Crippen molar-refractivity contribution in [3.05, 3.63) is 104 Å². The van der Waals surface area contributed by atoms with Crippen LogP contribution in [-0.4, -0.2) is 46.1 Å². The van der Waals surface area contributed by atoms with Crippen molar-refractivity contribution in [1.29, 1.82) is 0 Å². The van der Waals surface area contributed by atoms with Gasteiger partial charge in [-0.3, -0.25) is 24.3 Å². The number of benzene rings is 2. The van der Waals surface area contributed by atoms with Gasteiger partial charge in [0.25, 0.3) is 5.91 Å².